The van der Waals surface area contributed by atoms with Crippen molar-refractivity contribution in [3.05, 3.63) is 23.3 Å². The third-order valence-corrected chi connectivity index (χ3v) is 5.82. The number of methoxy groups -OCH3 is 2. The Morgan fingerprint density at radius 1 is 1.00 bits per heavy atom. The van der Waals surface area contributed by atoms with Gasteiger partial charge in [-0.15, -0.1) is 0 Å². The van der Waals surface area contributed by atoms with Crippen molar-refractivity contribution in [2.45, 2.75) is 39.0 Å². The number of benzene rings is 1. The molecule has 1 aromatic rings. The van der Waals surface area contributed by atoms with Crippen molar-refractivity contribution in [3.63, 3.8) is 0 Å². The molecule has 1 heterocycles. The zero-order valence-electron chi connectivity index (χ0n) is 16.6. The third-order valence-electron chi connectivity index (χ3n) is 5.82. The van der Waals surface area contributed by atoms with Gasteiger partial charge in [0.05, 0.1) is 20.6 Å². The van der Waals surface area contributed by atoms with Crippen molar-refractivity contribution in [1.29, 1.82) is 0 Å². The summed E-state index contributed by atoms with van der Waals surface area (Å²) in [6.45, 7) is 4.63. The van der Waals surface area contributed by atoms with Crippen LogP contribution in [-0.4, -0.2) is 62.0 Å². The standard InChI is InChI=1S/C21H30N2O4/c1-15-18(26-2)9-8-17(20(15)27-3)14-19(24)22-10-5-11-23(13-12-22)21(25)16-6-4-7-16/h8-9,16H,4-7,10-14H2,1-3H3. The third kappa shape index (κ3) is 4.20. The second-order valence-electron chi connectivity index (χ2n) is 7.45. The highest BCUT2D eigenvalue weighted by Gasteiger charge is 2.31. The summed E-state index contributed by atoms with van der Waals surface area (Å²) in [4.78, 5) is 29.2. The SMILES string of the molecule is COc1ccc(CC(=O)N2CCCN(C(=O)C3CCC3)CC2)c(OC)c1C. The summed E-state index contributed by atoms with van der Waals surface area (Å²) < 4.78 is 10.9. The number of hydrogen-bond acceptors (Lipinski definition) is 4. The van der Waals surface area contributed by atoms with Gasteiger partial charge in [-0.05, 0) is 32.3 Å². The molecule has 1 saturated carbocycles. The van der Waals surface area contributed by atoms with Gasteiger partial charge in [0.1, 0.15) is 11.5 Å². The van der Waals surface area contributed by atoms with Crippen LogP contribution in [0.25, 0.3) is 0 Å². The van der Waals surface area contributed by atoms with Gasteiger partial charge >= 0.3 is 0 Å². The van der Waals surface area contributed by atoms with Crippen LogP contribution in [0.5, 0.6) is 11.5 Å². The maximum absolute atomic E-state index is 12.9. The predicted octanol–water partition coefficient (Wildman–Crippen LogP) is 2.42. The highest BCUT2D eigenvalue weighted by molar-refractivity contribution is 5.81. The first-order chi connectivity index (χ1) is 13.0. The molecule has 6 heteroatoms. The first-order valence-electron chi connectivity index (χ1n) is 9.82. The normalized spacial score (nSPS) is 17.9. The summed E-state index contributed by atoms with van der Waals surface area (Å²) in [5.74, 6) is 2.04. The van der Waals surface area contributed by atoms with E-state index in [9.17, 15) is 9.59 Å². The summed E-state index contributed by atoms with van der Waals surface area (Å²) in [6.07, 6.45) is 4.34. The highest BCUT2D eigenvalue weighted by Crippen LogP contribution is 2.32. The van der Waals surface area contributed by atoms with Crippen molar-refractivity contribution < 1.29 is 19.1 Å². The van der Waals surface area contributed by atoms with Gasteiger partial charge in [0.2, 0.25) is 11.8 Å². The molecule has 0 N–H and O–H groups in total. The molecule has 148 valence electrons. The van der Waals surface area contributed by atoms with E-state index in [4.69, 9.17) is 9.47 Å². The molecule has 0 radical (unpaired) electrons. The van der Waals surface area contributed by atoms with E-state index in [0.717, 1.165) is 49.1 Å². The van der Waals surface area contributed by atoms with E-state index in [-0.39, 0.29) is 17.7 Å². The first kappa shape index (κ1) is 19.5. The molecule has 0 aromatic heterocycles. The number of rotatable bonds is 5. The molecule has 1 aliphatic carbocycles. The monoisotopic (exact) mass is 374 g/mol. The lowest BCUT2D eigenvalue weighted by Crippen LogP contribution is -2.41. The van der Waals surface area contributed by atoms with Crippen molar-refractivity contribution in [2.75, 3.05) is 40.4 Å². The van der Waals surface area contributed by atoms with Gasteiger partial charge in [0.25, 0.3) is 0 Å². The average Bonchev–Trinajstić information content (AvgIpc) is 2.87. The van der Waals surface area contributed by atoms with E-state index >= 15 is 0 Å². The summed E-state index contributed by atoms with van der Waals surface area (Å²) in [7, 11) is 3.24. The van der Waals surface area contributed by atoms with Crippen molar-refractivity contribution in [1.82, 2.24) is 9.80 Å². The Balaban J connectivity index is 1.63. The summed E-state index contributed by atoms with van der Waals surface area (Å²) in [6, 6.07) is 3.77. The van der Waals surface area contributed by atoms with Crippen LogP contribution in [-0.2, 0) is 16.0 Å². The minimum atomic E-state index is 0.0795. The van der Waals surface area contributed by atoms with E-state index in [1.165, 1.54) is 0 Å². The van der Waals surface area contributed by atoms with Crippen LogP contribution < -0.4 is 9.47 Å². The fourth-order valence-corrected chi connectivity index (χ4v) is 3.95. The van der Waals surface area contributed by atoms with Crippen LogP contribution >= 0.6 is 0 Å². The van der Waals surface area contributed by atoms with Crippen LogP contribution in [0.3, 0.4) is 0 Å². The molecule has 0 unspecified atom stereocenters. The van der Waals surface area contributed by atoms with Crippen molar-refractivity contribution >= 4 is 11.8 Å². The molecule has 27 heavy (non-hydrogen) atoms. The number of carbonyl (C=O) groups is 2. The number of hydrogen-bond donors (Lipinski definition) is 0. The van der Waals surface area contributed by atoms with E-state index in [1.807, 2.05) is 28.9 Å². The smallest absolute Gasteiger partial charge is 0.227 e. The Labute approximate surface area is 161 Å². The van der Waals surface area contributed by atoms with Crippen LogP contribution in [0.2, 0.25) is 0 Å². The molecule has 0 atom stereocenters. The zero-order chi connectivity index (χ0) is 19.4. The molecular formula is C21H30N2O4. The average molecular weight is 374 g/mol. The molecule has 1 aromatic carbocycles. The van der Waals surface area contributed by atoms with E-state index in [1.54, 1.807) is 14.2 Å². The summed E-state index contributed by atoms with van der Waals surface area (Å²) in [5, 5.41) is 0. The zero-order valence-corrected chi connectivity index (χ0v) is 16.6. The first-order valence-corrected chi connectivity index (χ1v) is 9.82. The van der Waals surface area contributed by atoms with Gasteiger partial charge in [-0.1, -0.05) is 12.5 Å². The van der Waals surface area contributed by atoms with Crippen molar-refractivity contribution in [3.8, 4) is 11.5 Å². The summed E-state index contributed by atoms with van der Waals surface area (Å²) >= 11 is 0. The molecule has 2 aliphatic rings. The predicted molar refractivity (Wildman–Crippen MR) is 103 cm³/mol. The number of nitrogens with zero attached hydrogens (tertiary/aromatic N) is 2. The molecule has 2 amide bonds. The number of ether oxygens (including phenoxy) is 2. The minimum absolute atomic E-state index is 0.0795. The molecular weight excluding hydrogens is 344 g/mol. The Bertz CT molecular complexity index is 700. The van der Waals surface area contributed by atoms with Crippen molar-refractivity contribution in [2.24, 2.45) is 5.92 Å². The fourth-order valence-electron chi connectivity index (χ4n) is 3.95. The van der Waals surface area contributed by atoms with Gasteiger partial charge in [0, 0.05) is 43.2 Å². The van der Waals surface area contributed by atoms with Gasteiger partial charge in [0.15, 0.2) is 0 Å². The fraction of sp³-hybridized carbons (Fsp3) is 0.619. The lowest BCUT2D eigenvalue weighted by molar-refractivity contribution is -0.138. The van der Waals surface area contributed by atoms with E-state index in [2.05, 4.69) is 0 Å². The number of amides is 2. The van der Waals surface area contributed by atoms with Crippen LogP contribution in [0.15, 0.2) is 12.1 Å². The van der Waals surface area contributed by atoms with Gasteiger partial charge < -0.3 is 19.3 Å². The maximum atomic E-state index is 12.9. The molecule has 3 rings (SSSR count). The Morgan fingerprint density at radius 2 is 1.70 bits per heavy atom. The molecule has 0 bridgehead atoms. The Kier molecular flexibility index (Phi) is 6.24. The lowest BCUT2D eigenvalue weighted by Gasteiger charge is -2.31. The van der Waals surface area contributed by atoms with Gasteiger partial charge in [-0.3, -0.25) is 9.59 Å². The second-order valence-corrected chi connectivity index (χ2v) is 7.45. The Morgan fingerprint density at radius 3 is 2.33 bits per heavy atom. The van der Waals surface area contributed by atoms with Crippen LogP contribution in [0.1, 0.15) is 36.8 Å². The molecule has 1 aliphatic heterocycles. The molecule has 1 saturated heterocycles. The molecule has 0 spiro atoms. The van der Waals surface area contributed by atoms with Crippen LogP contribution in [0, 0.1) is 12.8 Å². The summed E-state index contributed by atoms with van der Waals surface area (Å²) in [5.41, 5.74) is 1.77. The molecule has 6 nitrogen and oxygen atoms in total. The quantitative estimate of drug-likeness (QED) is 0.794. The topological polar surface area (TPSA) is 59.1 Å². The maximum Gasteiger partial charge on any atom is 0.227 e. The van der Waals surface area contributed by atoms with Gasteiger partial charge in [-0.2, -0.15) is 0 Å². The highest BCUT2D eigenvalue weighted by atomic mass is 16.5. The largest absolute Gasteiger partial charge is 0.496 e. The minimum Gasteiger partial charge on any atom is -0.496 e. The number of carbonyl (C=O) groups excluding carboxylic acids is 2. The lowest BCUT2D eigenvalue weighted by atomic mass is 9.84. The Hall–Kier alpha value is -2.24. The van der Waals surface area contributed by atoms with Gasteiger partial charge in [-0.25, -0.2) is 0 Å². The van der Waals surface area contributed by atoms with Crippen LogP contribution in [0.4, 0.5) is 0 Å². The second kappa shape index (κ2) is 8.63. The van der Waals surface area contributed by atoms with E-state index < -0.39 is 0 Å². The van der Waals surface area contributed by atoms with E-state index in [0.29, 0.717) is 31.8 Å². The molecule has 2 fully saturated rings.